The highest BCUT2D eigenvalue weighted by Gasteiger charge is 2.30. The minimum absolute atomic E-state index is 0.439. The molecule has 1 N–H and O–H groups in total. The van der Waals surface area contributed by atoms with E-state index in [-0.39, 0.29) is 0 Å². The van der Waals surface area contributed by atoms with Crippen molar-refractivity contribution in [1.82, 2.24) is 5.32 Å². The lowest BCUT2D eigenvalue weighted by molar-refractivity contribution is 0.268. The summed E-state index contributed by atoms with van der Waals surface area (Å²) in [6, 6.07) is 8.90. The zero-order valence-corrected chi connectivity index (χ0v) is 13.4. The molecule has 1 nitrogen and oxygen atoms in total. The molecule has 0 aromatic heterocycles. The summed E-state index contributed by atoms with van der Waals surface area (Å²) < 4.78 is 0. The molecule has 19 heavy (non-hydrogen) atoms. The molecule has 106 valence electrons. The first-order valence-corrected chi connectivity index (χ1v) is 8.50. The third kappa shape index (κ3) is 4.00. The summed E-state index contributed by atoms with van der Waals surface area (Å²) in [7, 11) is 0. The van der Waals surface area contributed by atoms with Crippen molar-refractivity contribution in [2.24, 2.45) is 5.41 Å². The first-order chi connectivity index (χ1) is 9.17. The quantitative estimate of drug-likeness (QED) is 0.736. The molecule has 1 aromatic carbocycles. The van der Waals surface area contributed by atoms with E-state index in [1.807, 2.05) is 0 Å². The fourth-order valence-electron chi connectivity index (χ4n) is 2.83. The minimum Gasteiger partial charge on any atom is -0.316 e. The van der Waals surface area contributed by atoms with Crippen LogP contribution in [0.25, 0.3) is 0 Å². The van der Waals surface area contributed by atoms with E-state index in [0.717, 1.165) is 18.3 Å². The van der Waals surface area contributed by atoms with E-state index in [1.165, 1.54) is 30.6 Å². The number of fused-ring (bicyclic) bond motifs is 1. The van der Waals surface area contributed by atoms with Gasteiger partial charge in [0.1, 0.15) is 0 Å². The maximum absolute atomic E-state index is 3.61. The number of rotatable bonds is 7. The highest BCUT2D eigenvalue weighted by Crippen LogP contribution is 2.42. The van der Waals surface area contributed by atoms with Gasteiger partial charge in [0.05, 0.1) is 0 Å². The Morgan fingerprint density at radius 2 is 2.11 bits per heavy atom. The van der Waals surface area contributed by atoms with Gasteiger partial charge in [-0.3, -0.25) is 0 Å². The van der Waals surface area contributed by atoms with Gasteiger partial charge in [-0.05, 0) is 49.3 Å². The fraction of sp³-hybridized carbons (Fsp3) is 0.647. The van der Waals surface area contributed by atoms with Crippen molar-refractivity contribution in [3.8, 4) is 0 Å². The molecule has 2 heteroatoms. The Balaban J connectivity index is 1.90. The molecule has 0 saturated carbocycles. The topological polar surface area (TPSA) is 12.0 Å². The molecule has 2 rings (SSSR count). The highest BCUT2D eigenvalue weighted by molar-refractivity contribution is 8.00. The Morgan fingerprint density at radius 3 is 2.79 bits per heavy atom. The molecule has 0 bridgehead atoms. The van der Waals surface area contributed by atoms with E-state index in [0.29, 0.717) is 5.41 Å². The van der Waals surface area contributed by atoms with Gasteiger partial charge in [0, 0.05) is 16.7 Å². The second-order valence-electron chi connectivity index (χ2n) is 6.10. The molecule has 2 atom stereocenters. The molecule has 0 spiro atoms. The molecule has 1 heterocycles. The van der Waals surface area contributed by atoms with Crippen LogP contribution in [0.15, 0.2) is 29.2 Å². The zero-order valence-electron chi connectivity index (χ0n) is 12.5. The van der Waals surface area contributed by atoms with Gasteiger partial charge in [0.15, 0.2) is 0 Å². The van der Waals surface area contributed by atoms with Gasteiger partial charge < -0.3 is 5.32 Å². The highest BCUT2D eigenvalue weighted by atomic mass is 32.2. The lowest BCUT2D eigenvalue weighted by Crippen LogP contribution is -2.34. The summed E-state index contributed by atoms with van der Waals surface area (Å²) in [4.78, 5) is 1.51. The maximum Gasteiger partial charge on any atom is 0.0141 e. The second-order valence-corrected chi connectivity index (χ2v) is 7.44. The van der Waals surface area contributed by atoms with Gasteiger partial charge in [-0.2, -0.15) is 0 Å². The van der Waals surface area contributed by atoms with Crippen molar-refractivity contribution in [2.75, 3.05) is 13.1 Å². The largest absolute Gasteiger partial charge is 0.316 e. The van der Waals surface area contributed by atoms with E-state index >= 15 is 0 Å². The lowest BCUT2D eigenvalue weighted by atomic mass is 9.81. The van der Waals surface area contributed by atoms with Crippen molar-refractivity contribution in [3.05, 3.63) is 29.8 Å². The molecule has 0 amide bonds. The van der Waals surface area contributed by atoms with Gasteiger partial charge in [0.25, 0.3) is 0 Å². The predicted molar refractivity (Wildman–Crippen MR) is 86.0 cm³/mol. The number of thioether (sulfide) groups is 1. The van der Waals surface area contributed by atoms with E-state index < -0.39 is 0 Å². The molecular formula is C17H27NS. The summed E-state index contributed by atoms with van der Waals surface area (Å²) in [5, 5.41) is 4.38. The SMILES string of the molecule is CCCNCC(C)(CC)CC1Cc2ccccc2S1. The van der Waals surface area contributed by atoms with Crippen LogP contribution in [0.4, 0.5) is 0 Å². The number of nitrogens with one attached hydrogen (secondary N) is 1. The molecule has 2 unspecified atom stereocenters. The first kappa shape index (κ1) is 14.9. The van der Waals surface area contributed by atoms with Gasteiger partial charge >= 0.3 is 0 Å². The van der Waals surface area contributed by atoms with Crippen LogP contribution in [0.5, 0.6) is 0 Å². The Morgan fingerprint density at radius 1 is 1.32 bits per heavy atom. The van der Waals surface area contributed by atoms with E-state index in [9.17, 15) is 0 Å². The lowest BCUT2D eigenvalue weighted by Gasteiger charge is -2.31. The zero-order chi connectivity index (χ0) is 13.7. The van der Waals surface area contributed by atoms with E-state index in [2.05, 4.69) is 62.1 Å². The molecule has 0 saturated heterocycles. The van der Waals surface area contributed by atoms with E-state index in [1.54, 1.807) is 5.56 Å². The Bertz CT molecular complexity index is 379. The third-order valence-electron chi connectivity index (χ3n) is 4.27. The Kier molecular flexibility index (Phi) is 5.35. The molecule has 0 fully saturated rings. The third-order valence-corrected chi connectivity index (χ3v) is 5.59. The van der Waals surface area contributed by atoms with Gasteiger partial charge in [-0.25, -0.2) is 0 Å². The van der Waals surface area contributed by atoms with Crippen LogP contribution in [-0.4, -0.2) is 18.3 Å². The molecule has 0 aliphatic carbocycles. The van der Waals surface area contributed by atoms with Crippen molar-refractivity contribution < 1.29 is 0 Å². The monoisotopic (exact) mass is 277 g/mol. The minimum atomic E-state index is 0.439. The van der Waals surface area contributed by atoms with Crippen LogP contribution in [0.3, 0.4) is 0 Å². The summed E-state index contributed by atoms with van der Waals surface area (Å²) in [5.41, 5.74) is 1.99. The van der Waals surface area contributed by atoms with Crippen molar-refractivity contribution in [3.63, 3.8) is 0 Å². The maximum atomic E-state index is 3.61. The van der Waals surface area contributed by atoms with Crippen LogP contribution in [0.1, 0.15) is 45.6 Å². The molecular weight excluding hydrogens is 250 g/mol. The average Bonchev–Trinajstić information content (AvgIpc) is 2.81. The average molecular weight is 277 g/mol. The van der Waals surface area contributed by atoms with Crippen LogP contribution < -0.4 is 5.32 Å². The number of hydrogen-bond acceptors (Lipinski definition) is 2. The van der Waals surface area contributed by atoms with Gasteiger partial charge in [-0.15, -0.1) is 11.8 Å². The van der Waals surface area contributed by atoms with Gasteiger partial charge in [-0.1, -0.05) is 39.0 Å². The molecule has 1 aliphatic rings. The first-order valence-electron chi connectivity index (χ1n) is 7.62. The van der Waals surface area contributed by atoms with Crippen LogP contribution in [0.2, 0.25) is 0 Å². The second kappa shape index (κ2) is 6.81. The predicted octanol–water partition coefficient (Wildman–Crippen LogP) is 4.51. The standard InChI is InChI=1S/C17H27NS/c1-4-10-18-13-17(3,5-2)12-15-11-14-8-6-7-9-16(14)19-15/h6-9,15,18H,4-5,10-13H2,1-3H3. The van der Waals surface area contributed by atoms with Crippen molar-refractivity contribution in [2.45, 2.75) is 56.6 Å². The normalized spacial score (nSPS) is 21.1. The smallest absolute Gasteiger partial charge is 0.0141 e. The molecule has 0 radical (unpaired) electrons. The fourth-order valence-corrected chi connectivity index (χ4v) is 4.39. The summed E-state index contributed by atoms with van der Waals surface area (Å²) in [5.74, 6) is 0. The summed E-state index contributed by atoms with van der Waals surface area (Å²) >= 11 is 2.09. The Hall–Kier alpha value is -0.470. The molecule has 1 aromatic rings. The van der Waals surface area contributed by atoms with Crippen LogP contribution in [0, 0.1) is 5.41 Å². The Labute approximate surface area is 122 Å². The number of hydrogen-bond donors (Lipinski definition) is 1. The van der Waals surface area contributed by atoms with Crippen LogP contribution in [-0.2, 0) is 6.42 Å². The van der Waals surface area contributed by atoms with E-state index in [4.69, 9.17) is 0 Å². The van der Waals surface area contributed by atoms with Crippen LogP contribution >= 0.6 is 11.8 Å². The van der Waals surface area contributed by atoms with Crippen molar-refractivity contribution >= 4 is 11.8 Å². The summed E-state index contributed by atoms with van der Waals surface area (Å²) in [6.07, 6.45) is 5.06. The number of benzene rings is 1. The molecule has 1 aliphatic heterocycles. The van der Waals surface area contributed by atoms with Gasteiger partial charge in [0.2, 0.25) is 0 Å². The van der Waals surface area contributed by atoms with Crippen molar-refractivity contribution in [1.29, 1.82) is 0 Å². The summed E-state index contributed by atoms with van der Waals surface area (Å²) in [6.45, 7) is 9.32.